The van der Waals surface area contributed by atoms with E-state index in [0.29, 0.717) is 0 Å². The van der Waals surface area contributed by atoms with E-state index in [9.17, 15) is 0 Å². The fraction of sp³-hybridized carbons (Fsp3) is 0. The third-order valence-corrected chi connectivity index (χ3v) is 2.25. The van der Waals surface area contributed by atoms with E-state index in [1.807, 2.05) is 23.6 Å². The average Bonchev–Trinajstić information content (AvgIpc) is 2.58. The van der Waals surface area contributed by atoms with Crippen molar-refractivity contribution in [3.63, 3.8) is 0 Å². The Labute approximate surface area is 68.6 Å². The van der Waals surface area contributed by atoms with Crippen molar-refractivity contribution in [2.45, 2.75) is 0 Å². The summed E-state index contributed by atoms with van der Waals surface area (Å²) in [5, 5.41) is 2.04. The van der Waals surface area contributed by atoms with E-state index >= 15 is 0 Å². The second kappa shape index (κ2) is 2.80. The first-order valence-corrected chi connectivity index (χ1v) is 4.15. The second-order valence-electron chi connectivity index (χ2n) is 2.07. The Morgan fingerprint density at radius 3 is 2.91 bits per heavy atom. The van der Waals surface area contributed by atoms with Crippen LogP contribution in [0.3, 0.4) is 0 Å². The predicted octanol–water partition coefficient (Wildman–Crippen LogP) is 2.21. The summed E-state index contributed by atoms with van der Waals surface area (Å²) in [5.41, 5.74) is 0.995. The lowest BCUT2D eigenvalue weighted by molar-refractivity contribution is 1.18. The Balaban J connectivity index is 2.46. The third kappa shape index (κ3) is 1.28. The van der Waals surface area contributed by atoms with Gasteiger partial charge in [0.05, 0.1) is 10.6 Å². The fourth-order valence-corrected chi connectivity index (χ4v) is 1.56. The summed E-state index contributed by atoms with van der Waals surface area (Å²) in [6.07, 6.45) is 3.32. The van der Waals surface area contributed by atoms with E-state index in [0.717, 1.165) is 5.69 Å². The van der Waals surface area contributed by atoms with Crippen molar-refractivity contribution in [2.24, 2.45) is 0 Å². The molecule has 0 fully saturated rings. The smallest absolute Gasteiger partial charge is 0.116 e. The van der Waals surface area contributed by atoms with Crippen LogP contribution in [-0.4, -0.2) is 9.97 Å². The van der Waals surface area contributed by atoms with E-state index in [2.05, 4.69) is 9.97 Å². The minimum Gasteiger partial charge on any atom is -0.245 e. The highest BCUT2D eigenvalue weighted by atomic mass is 32.1. The van der Waals surface area contributed by atoms with E-state index in [1.165, 1.54) is 4.88 Å². The van der Waals surface area contributed by atoms with Gasteiger partial charge in [-0.05, 0) is 17.5 Å². The minimum absolute atomic E-state index is 0.995. The van der Waals surface area contributed by atoms with Crippen LogP contribution in [-0.2, 0) is 0 Å². The molecule has 0 unspecified atom stereocenters. The molecule has 0 atom stereocenters. The van der Waals surface area contributed by atoms with Gasteiger partial charge in [0.25, 0.3) is 0 Å². The molecule has 2 aromatic heterocycles. The summed E-state index contributed by atoms with van der Waals surface area (Å²) < 4.78 is 0. The van der Waals surface area contributed by atoms with Crippen LogP contribution in [0.2, 0.25) is 0 Å². The van der Waals surface area contributed by atoms with Crippen LogP contribution in [0.4, 0.5) is 0 Å². The minimum atomic E-state index is 0.995. The Hall–Kier alpha value is -1.22. The first-order chi connectivity index (χ1) is 5.47. The molecule has 0 aliphatic rings. The first kappa shape index (κ1) is 6.49. The van der Waals surface area contributed by atoms with Crippen LogP contribution in [0.1, 0.15) is 0 Å². The maximum absolute atomic E-state index is 4.12. The number of nitrogens with zero attached hydrogens (tertiary/aromatic N) is 2. The van der Waals surface area contributed by atoms with Crippen molar-refractivity contribution in [3.05, 3.63) is 36.1 Å². The predicted molar refractivity (Wildman–Crippen MR) is 45.3 cm³/mol. The standard InChI is InChI=1S/C8H6N2S/c1-2-8(11-5-1)7-3-4-9-6-10-7/h1-6H. The van der Waals surface area contributed by atoms with Gasteiger partial charge in [-0.2, -0.15) is 0 Å². The summed E-state index contributed by atoms with van der Waals surface area (Å²) >= 11 is 1.69. The summed E-state index contributed by atoms with van der Waals surface area (Å²) in [7, 11) is 0. The number of aromatic nitrogens is 2. The van der Waals surface area contributed by atoms with Crippen molar-refractivity contribution in [1.29, 1.82) is 0 Å². The SMILES string of the molecule is c1csc(-c2ccncn2)c1. The third-order valence-electron chi connectivity index (χ3n) is 1.36. The Morgan fingerprint density at radius 2 is 2.27 bits per heavy atom. The Kier molecular flexibility index (Phi) is 1.65. The van der Waals surface area contributed by atoms with Gasteiger partial charge in [0.1, 0.15) is 6.33 Å². The highest BCUT2D eigenvalue weighted by Gasteiger charge is 1.96. The molecule has 0 saturated carbocycles. The van der Waals surface area contributed by atoms with Crippen molar-refractivity contribution < 1.29 is 0 Å². The lowest BCUT2D eigenvalue weighted by atomic mass is 10.3. The normalized spacial score (nSPS) is 9.82. The maximum atomic E-state index is 4.12. The molecule has 2 nitrogen and oxygen atoms in total. The van der Waals surface area contributed by atoms with Gasteiger partial charge in [-0.25, -0.2) is 9.97 Å². The number of rotatable bonds is 1. The lowest BCUT2D eigenvalue weighted by Crippen LogP contribution is -1.78. The Bertz CT molecular complexity index is 315. The van der Waals surface area contributed by atoms with E-state index < -0.39 is 0 Å². The quantitative estimate of drug-likeness (QED) is 0.642. The van der Waals surface area contributed by atoms with Gasteiger partial charge in [-0.15, -0.1) is 11.3 Å². The Morgan fingerprint density at radius 1 is 1.27 bits per heavy atom. The molecule has 11 heavy (non-hydrogen) atoms. The van der Waals surface area contributed by atoms with Crippen LogP contribution < -0.4 is 0 Å². The van der Waals surface area contributed by atoms with Gasteiger partial charge in [0, 0.05) is 6.20 Å². The van der Waals surface area contributed by atoms with Crippen LogP contribution in [0.5, 0.6) is 0 Å². The largest absolute Gasteiger partial charge is 0.245 e. The molecule has 2 aromatic rings. The van der Waals surface area contributed by atoms with Crippen molar-refractivity contribution >= 4 is 11.3 Å². The zero-order valence-electron chi connectivity index (χ0n) is 5.77. The van der Waals surface area contributed by atoms with E-state index in [-0.39, 0.29) is 0 Å². The molecule has 54 valence electrons. The molecule has 0 amide bonds. The van der Waals surface area contributed by atoms with Crippen LogP contribution in [0, 0.1) is 0 Å². The molecule has 3 heteroatoms. The van der Waals surface area contributed by atoms with Gasteiger partial charge in [0.15, 0.2) is 0 Å². The molecule has 0 aromatic carbocycles. The highest BCUT2D eigenvalue weighted by molar-refractivity contribution is 7.13. The van der Waals surface area contributed by atoms with Crippen molar-refractivity contribution in [1.82, 2.24) is 9.97 Å². The topological polar surface area (TPSA) is 25.8 Å². The van der Waals surface area contributed by atoms with Crippen molar-refractivity contribution in [2.75, 3.05) is 0 Å². The average molecular weight is 162 g/mol. The van der Waals surface area contributed by atoms with Gasteiger partial charge in [-0.1, -0.05) is 6.07 Å². The lowest BCUT2D eigenvalue weighted by Gasteiger charge is -1.91. The van der Waals surface area contributed by atoms with Crippen LogP contribution in [0.25, 0.3) is 10.6 Å². The molecule has 0 saturated heterocycles. The summed E-state index contributed by atoms with van der Waals surface area (Å²) in [4.78, 5) is 9.16. The molecular formula is C8H6N2S. The van der Waals surface area contributed by atoms with E-state index in [4.69, 9.17) is 0 Å². The van der Waals surface area contributed by atoms with Crippen molar-refractivity contribution in [3.8, 4) is 10.6 Å². The monoisotopic (exact) mass is 162 g/mol. The summed E-state index contributed by atoms with van der Waals surface area (Å²) in [5.74, 6) is 0. The highest BCUT2D eigenvalue weighted by Crippen LogP contribution is 2.20. The fourth-order valence-electron chi connectivity index (χ4n) is 0.861. The van der Waals surface area contributed by atoms with Crippen LogP contribution in [0.15, 0.2) is 36.1 Å². The molecule has 2 heterocycles. The van der Waals surface area contributed by atoms with Gasteiger partial charge >= 0.3 is 0 Å². The zero-order chi connectivity index (χ0) is 7.52. The zero-order valence-corrected chi connectivity index (χ0v) is 6.58. The summed E-state index contributed by atoms with van der Waals surface area (Å²) in [6, 6.07) is 5.97. The summed E-state index contributed by atoms with van der Waals surface area (Å²) in [6.45, 7) is 0. The molecule has 2 rings (SSSR count). The molecule has 0 spiro atoms. The molecule has 0 aliphatic heterocycles. The van der Waals surface area contributed by atoms with Crippen LogP contribution >= 0.6 is 11.3 Å². The van der Waals surface area contributed by atoms with E-state index in [1.54, 1.807) is 23.9 Å². The number of thiophene rings is 1. The molecule has 0 bridgehead atoms. The van der Waals surface area contributed by atoms with Gasteiger partial charge in [-0.3, -0.25) is 0 Å². The first-order valence-electron chi connectivity index (χ1n) is 3.27. The number of hydrogen-bond acceptors (Lipinski definition) is 3. The maximum Gasteiger partial charge on any atom is 0.116 e. The van der Waals surface area contributed by atoms with Gasteiger partial charge in [0.2, 0.25) is 0 Å². The molecule has 0 radical (unpaired) electrons. The molecule has 0 N–H and O–H groups in total. The molecule has 0 aliphatic carbocycles. The molecular weight excluding hydrogens is 156 g/mol. The second-order valence-corrected chi connectivity index (χ2v) is 3.02. The number of hydrogen-bond donors (Lipinski definition) is 0. The van der Waals surface area contributed by atoms with Gasteiger partial charge < -0.3 is 0 Å².